The Labute approximate surface area is 431 Å². The lowest BCUT2D eigenvalue weighted by Crippen LogP contribution is -2.55. The van der Waals surface area contributed by atoms with Crippen molar-refractivity contribution in [2.24, 2.45) is 0 Å². The first-order valence-corrected chi connectivity index (χ1v) is 28.6. The number of esters is 2. The predicted molar refractivity (Wildman–Crippen MR) is 295 cm³/mol. The van der Waals surface area contributed by atoms with Crippen molar-refractivity contribution in [2.45, 2.75) is 251 Å². The number of hydrogen-bond acceptors (Lipinski definition) is 7. The van der Waals surface area contributed by atoms with Gasteiger partial charge in [0.2, 0.25) is 0 Å². The molecule has 0 rings (SSSR count). The lowest BCUT2D eigenvalue weighted by Gasteiger charge is -2.34. The van der Waals surface area contributed by atoms with Gasteiger partial charge < -0.3 is 28.6 Å². The number of quaternary nitrogens is 1. The van der Waals surface area contributed by atoms with Gasteiger partial charge in [0, 0.05) is 19.3 Å². The minimum Gasteiger partial charge on any atom is -0.544 e. The molecule has 0 radical (unpaired) electrons. The molecular formula is C62H107NO7. The highest BCUT2D eigenvalue weighted by Crippen LogP contribution is 2.16. The first kappa shape index (κ1) is 66.5. The van der Waals surface area contributed by atoms with Crippen molar-refractivity contribution < 1.29 is 38.2 Å². The minimum atomic E-state index is -1.13. The molecule has 0 bridgehead atoms. The normalized spacial score (nSPS) is 13.4. The van der Waals surface area contributed by atoms with Gasteiger partial charge in [-0.05, 0) is 64.2 Å². The number of likely N-dealkylation sites (N-methyl/N-ethyl adjacent to an activating group) is 1. The van der Waals surface area contributed by atoms with E-state index in [1.807, 2.05) is 0 Å². The third kappa shape index (κ3) is 49.5. The topological polar surface area (TPSA) is 102 Å². The van der Waals surface area contributed by atoms with Crippen molar-refractivity contribution in [3.05, 3.63) is 85.1 Å². The molecule has 0 aliphatic carbocycles. The molecule has 0 fully saturated rings. The number of carbonyl (C=O) groups is 3. The second-order valence-electron chi connectivity index (χ2n) is 20.2. The first-order valence-electron chi connectivity index (χ1n) is 28.6. The molecule has 70 heavy (non-hydrogen) atoms. The lowest BCUT2D eigenvalue weighted by atomic mass is 10.0. The molecule has 2 unspecified atom stereocenters. The third-order valence-electron chi connectivity index (χ3n) is 12.5. The maximum atomic E-state index is 12.8. The number of carboxylic acid groups (broad SMARTS) is 1. The van der Waals surface area contributed by atoms with Gasteiger partial charge in [-0.3, -0.25) is 9.59 Å². The quantitative estimate of drug-likeness (QED) is 0.0259. The summed E-state index contributed by atoms with van der Waals surface area (Å²) in [5.74, 6) is -1.81. The summed E-state index contributed by atoms with van der Waals surface area (Å²) in [5, 5.41) is 11.7. The largest absolute Gasteiger partial charge is 0.544 e. The highest BCUT2D eigenvalue weighted by atomic mass is 16.6. The van der Waals surface area contributed by atoms with E-state index in [1.165, 1.54) is 128 Å². The van der Waals surface area contributed by atoms with Crippen LogP contribution in [0.5, 0.6) is 0 Å². The van der Waals surface area contributed by atoms with Crippen LogP contribution in [0.2, 0.25) is 0 Å². The van der Waals surface area contributed by atoms with Crippen molar-refractivity contribution in [3.63, 3.8) is 0 Å². The van der Waals surface area contributed by atoms with Gasteiger partial charge in [0.25, 0.3) is 0 Å². The van der Waals surface area contributed by atoms with Gasteiger partial charge in [-0.2, -0.15) is 0 Å². The van der Waals surface area contributed by atoms with E-state index in [9.17, 15) is 19.5 Å². The van der Waals surface area contributed by atoms with E-state index in [4.69, 9.17) is 14.2 Å². The van der Waals surface area contributed by atoms with Gasteiger partial charge in [0.1, 0.15) is 12.6 Å². The fourth-order valence-corrected chi connectivity index (χ4v) is 8.18. The molecule has 0 aromatic carbocycles. The summed E-state index contributed by atoms with van der Waals surface area (Å²) in [6.45, 7) is 4.52. The van der Waals surface area contributed by atoms with Gasteiger partial charge in [0.05, 0.1) is 40.3 Å². The number of carbonyl (C=O) groups excluding carboxylic acids is 3. The first-order chi connectivity index (χ1) is 34.1. The van der Waals surface area contributed by atoms with Gasteiger partial charge in [0.15, 0.2) is 6.10 Å². The van der Waals surface area contributed by atoms with E-state index in [0.29, 0.717) is 12.8 Å². The summed E-state index contributed by atoms with van der Waals surface area (Å²) < 4.78 is 17.2. The average molecular weight is 979 g/mol. The molecule has 0 spiro atoms. The van der Waals surface area contributed by atoms with E-state index in [-0.39, 0.29) is 49.1 Å². The van der Waals surface area contributed by atoms with Crippen LogP contribution in [0.15, 0.2) is 85.1 Å². The summed E-state index contributed by atoms with van der Waals surface area (Å²) in [6, 6.07) is -0.741. The fraction of sp³-hybridized carbons (Fsp3) is 0.726. The molecule has 0 aliphatic heterocycles. The van der Waals surface area contributed by atoms with Gasteiger partial charge >= 0.3 is 11.9 Å². The van der Waals surface area contributed by atoms with Crippen LogP contribution in [0.25, 0.3) is 0 Å². The zero-order valence-corrected chi connectivity index (χ0v) is 45.9. The molecule has 0 saturated heterocycles. The molecule has 0 amide bonds. The Morgan fingerprint density at radius 3 is 1.17 bits per heavy atom. The van der Waals surface area contributed by atoms with Crippen LogP contribution in [0, 0.1) is 0 Å². The zero-order chi connectivity index (χ0) is 51.3. The van der Waals surface area contributed by atoms with E-state index in [0.717, 1.165) is 70.6 Å². The lowest BCUT2D eigenvalue weighted by molar-refractivity contribution is -0.889. The van der Waals surface area contributed by atoms with Crippen molar-refractivity contribution in [2.75, 3.05) is 41.0 Å². The minimum absolute atomic E-state index is 0.0151. The van der Waals surface area contributed by atoms with Gasteiger partial charge in [-0.1, -0.05) is 240 Å². The molecule has 0 saturated carbocycles. The van der Waals surface area contributed by atoms with Crippen LogP contribution in [-0.2, 0) is 28.6 Å². The van der Waals surface area contributed by atoms with Crippen LogP contribution in [0.1, 0.15) is 239 Å². The van der Waals surface area contributed by atoms with Crippen LogP contribution in [-0.4, -0.2) is 75.5 Å². The highest BCUT2D eigenvalue weighted by molar-refractivity contribution is 5.70. The molecule has 0 aliphatic rings. The maximum Gasteiger partial charge on any atom is 0.306 e. The van der Waals surface area contributed by atoms with Crippen molar-refractivity contribution in [1.29, 1.82) is 0 Å². The van der Waals surface area contributed by atoms with Crippen LogP contribution in [0.3, 0.4) is 0 Å². The van der Waals surface area contributed by atoms with Crippen molar-refractivity contribution in [1.82, 2.24) is 0 Å². The zero-order valence-electron chi connectivity index (χ0n) is 45.9. The molecule has 0 aromatic heterocycles. The third-order valence-corrected chi connectivity index (χ3v) is 12.5. The number of hydrogen-bond donors (Lipinski definition) is 0. The highest BCUT2D eigenvalue weighted by Gasteiger charge is 2.25. The Hall–Kier alpha value is -3.49. The van der Waals surface area contributed by atoms with E-state index >= 15 is 0 Å². The Bertz CT molecular complexity index is 1420. The number of aliphatic carboxylic acids is 1. The average Bonchev–Trinajstić information content (AvgIpc) is 3.33. The van der Waals surface area contributed by atoms with Crippen LogP contribution < -0.4 is 5.11 Å². The summed E-state index contributed by atoms with van der Waals surface area (Å²) >= 11 is 0. The SMILES string of the molecule is CC/C=C/C/C=C/C/C=C/C/C=C/C/C=C/C/C=C/C/C=C/CCCC(=O)OC(COCCC(C(=O)[O-])[N+](C)(C)C)COC(=O)CCCCCCCCCCCCCCCCCCCCCCCCC. The second kappa shape index (κ2) is 51.9. The number of ether oxygens (including phenoxy) is 3. The van der Waals surface area contributed by atoms with E-state index in [1.54, 1.807) is 21.1 Å². The Kier molecular flexibility index (Phi) is 49.3. The number of unbranched alkanes of at least 4 members (excludes halogenated alkanes) is 23. The molecule has 0 aromatic rings. The Morgan fingerprint density at radius 2 is 0.800 bits per heavy atom. The summed E-state index contributed by atoms with van der Waals surface area (Å²) in [7, 11) is 5.40. The summed E-state index contributed by atoms with van der Waals surface area (Å²) in [6.07, 6.45) is 69.3. The monoisotopic (exact) mass is 978 g/mol. The fourth-order valence-electron chi connectivity index (χ4n) is 8.18. The predicted octanol–water partition coefficient (Wildman–Crippen LogP) is 15.9. The van der Waals surface area contributed by atoms with E-state index in [2.05, 4.69) is 98.9 Å². The number of rotatable bonds is 51. The molecule has 0 N–H and O–H groups in total. The summed E-state index contributed by atoms with van der Waals surface area (Å²) in [4.78, 5) is 37.1. The van der Waals surface area contributed by atoms with Crippen LogP contribution in [0.4, 0.5) is 0 Å². The number of carboxylic acids is 1. The van der Waals surface area contributed by atoms with Gasteiger partial charge in [-0.25, -0.2) is 0 Å². The van der Waals surface area contributed by atoms with Gasteiger partial charge in [-0.15, -0.1) is 0 Å². The molecule has 8 nitrogen and oxygen atoms in total. The van der Waals surface area contributed by atoms with Crippen molar-refractivity contribution >= 4 is 17.9 Å². The summed E-state index contributed by atoms with van der Waals surface area (Å²) in [5.41, 5.74) is 0. The Balaban J connectivity index is 4.27. The molecule has 8 heteroatoms. The second-order valence-corrected chi connectivity index (χ2v) is 20.2. The smallest absolute Gasteiger partial charge is 0.306 e. The maximum absolute atomic E-state index is 12.8. The van der Waals surface area contributed by atoms with E-state index < -0.39 is 18.1 Å². The standard InChI is InChI=1S/C62H107NO7/c1-6-8-10-12-14-16-18-20-22-24-26-28-30-32-34-36-38-40-42-44-46-48-50-52-60(64)69-57-58(56-68-55-54-59(62(66)67)63(3,4)5)70-61(65)53-51-49-47-45-43-41-39-37-35-33-31-29-27-25-23-21-19-17-15-13-11-9-7-2/h9,11,15,17,21,23,27,29,33,35,39,41,45,47,58-59H,6-8,10,12-14,16,18-20,22,24-26,28,30-32,34,36-38,40,42-44,46,48-57H2,1-5H3/b11-9+,17-15+,23-21+,29-27+,35-33+,41-39+,47-45+. The number of nitrogens with zero attached hydrogens (tertiary/aromatic N) is 1. The molecule has 402 valence electrons. The molecule has 0 heterocycles. The number of allylic oxidation sites excluding steroid dienone is 14. The van der Waals surface area contributed by atoms with Crippen molar-refractivity contribution in [3.8, 4) is 0 Å². The molecular weight excluding hydrogens is 871 g/mol. The van der Waals surface area contributed by atoms with Crippen LogP contribution >= 0.6 is 0 Å². The Morgan fingerprint density at radius 1 is 0.443 bits per heavy atom. The molecule has 2 atom stereocenters.